The molecule has 2 nitrogen and oxygen atoms in total. The summed E-state index contributed by atoms with van der Waals surface area (Å²) in [5.74, 6) is -1.60. The molecule has 2 rings (SSSR count). The van der Waals surface area contributed by atoms with E-state index in [1.807, 2.05) is 0 Å². The number of halogens is 3. The topological polar surface area (TPSA) is 33.1 Å². The maximum Gasteiger partial charge on any atom is 0.216 e. The van der Waals surface area contributed by atoms with Crippen molar-refractivity contribution in [1.82, 2.24) is 4.98 Å². The Hall–Kier alpha value is -1.33. The highest BCUT2D eigenvalue weighted by Gasteiger charge is 2.22. The Balaban J connectivity index is 2.33. The van der Waals surface area contributed by atoms with Gasteiger partial charge in [-0.25, -0.2) is 9.37 Å². The molecule has 2 aromatic rings. The van der Waals surface area contributed by atoms with Gasteiger partial charge in [0.05, 0.1) is 6.10 Å². The number of aliphatic hydroxyl groups excluding tert-OH is 1. The molecule has 0 bridgehead atoms. The van der Waals surface area contributed by atoms with Gasteiger partial charge in [0.25, 0.3) is 0 Å². The Kier molecular flexibility index (Phi) is 4.27. The summed E-state index contributed by atoms with van der Waals surface area (Å²) in [7, 11) is 0. The second-order valence-electron chi connectivity index (χ2n) is 4.32. The molecule has 0 fully saturated rings. The molecule has 0 unspecified atom stereocenters. The quantitative estimate of drug-likeness (QED) is 0.865. The fraction of sp³-hybridized carbons (Fsp3) is 0.214. The van der Waals surface area contributed by atoms with Crippen LogP contribution in [0.25, 0.3) is 0 Å². The van der Waals surface area contributed by atoms with Crippen LogP contribution in [0.3, 0.4) is 0 Å². The van der Waals surface area contributed by atoms with E-state index < -0.39 is 23.8 Å². The Morgan fingerprint density at radius 1 is 1.26 bits per heavy atom. The summed E-state index contributed by atoms with van der Waals surface area (Å²) in [4.78, 5) is 3.59. The molecule has 0 saturated heterocycles. The minimum absolute atomic E-state index is 0.283. The Labute approximate surface area is 118 Å². The lowest BCUT2D eigenvalue weighted by Gasteiger charge is -2.20. The third kappa shape index (κ3) is 3.16. The number of aromatic nitrogens is 1. The van der Waals surface area contributed by atoms with E-state index in [4.69, 9.17) is 0 Å². The Bertz CT molecular complexity index is 591. The summed E-state index contributed by atoms with van der Waals surface area (Å²) >= 11 is 3.21. The van der Waals surface area contributed by atoms with Gasteiger partial charge in [-0.05, 0) is 39.7 Å². The van der Waals surface area contributed by atoms with Gasteiger partial charge in [-0.15, -0.1) is 0 Å². The lowest BCUT2D eigenvalue weighted by Crippen LogP contribution is -2.10. The molecule has 0 aliphatic carbocycles. The predicted molar refractivity (Wildman–Crippen MR) is 71.7 cm³/mol. The highest BCUT2D eigenvalue weighted by atomic mass is 79.9. The highest BCUT2D eigenvalue weighted by Crippen LogP contribution is 2.32. The molecule has 5 heteroatoms. The summed E-state index contributed by atoms with van der Waals surface area (Å²) in [6, 6.07) is 7.21. The molecule has 1 heterocycles. The standard InChI is InChI=1S/C14H12BrF2NO/c1-8(12-6-10(15)7-18-14(12)17)13(19)9-3-2-4-11(16)5-9/h2-8,13,19H,1H3/t8-,13+/m1/s1. The van der Waals surface area contributed by atoms with E-state index in [9.17, 15) is 13.9 Å². The normalized spacial score (nSPS) is 14.2. The van der Waals surface area contributed by atoms with Crippen LogP contribution < -0.4 is 0 Å². The third-order valence-corrected chi connectivity index (χ3v) is 3.42. The molecule has 0 aliphatic heterocycles. The fourth-order valence-electron chi connectivity index (χ4n) is 1.91. The summed E-state index contributed by atoms with van der Waals surface area (Å²) < 4.78 is 27.4. The van der Waals surface area contributed by atoms with E-state index in [-0.39, 0.29) is 5.56 Å². The Morgan fingerprint density at radius 3 is 2.68 bits per heavy atom. The zero-order valence-corrected chi connectivity index (χ0v) is 11.7. The van der Waals surface area contributed by atoms with E-state index >= 15 is 0 Å². The van der Waals surface area contributed by atoms with E-state index in [2.05, 4.69) is 20.9 Å². The molecule has 0 saturated carbocycles. The molecule has 100 valence electrons. The molecule has 0 spiro atoms. The van der Waals surface area contributed by atoms with Crippen LogP contribution in [0.1, 0.15) is 30.1 Å². The average Bonchev–Trinajstić information content (AvgIpc) is 2.40. The molecule has 19 heavy (non-hydrogen) atoms. The second kappa shape index (κ2) is 5.75. The molecular weight excluding hydrogens is 316 g/mol. The van der Waals surface area contributed by atoms with Crippen LogP contribution in [0, 0.1) is 11.8 Å². The average molecular weight is 328 g/mol. The van der Waals surface area contributed by atoms with Gasteiger partial charge in [0, 0.05) is 22.2 Å². The number of aliphatic hydroxyl groups is 1. The first-order valence-electron chi connectivity index (χ1n) is 5.73. The van der Waals surface area contributed by atoms with E-state index in [0.717, 1.165) is 0 Å². The predicted octanol–water partition coefficient (Wildman–Crippen LogP) is 3.96. The minimum atomic E-state index is -0.999. The van der Waals surface area contributed by atoms with E-state index in [1.165, 1.54) is 24.4 Å². The third-order valence-electron chi connectivity index (χ3n) is 2.99. The van der Waals surface area contributed by atoms with Crippen LogP contribution in [0.2, 0.25) is 0 Å². The van der Waals surface area contributed by atoms with Crippen LogP contribution in [-0.2, 0) is 0 Å². The number of hydrogen-bond donors (Lipinski definition) is 1. The fourth-order valence-corrected chi connectivity index (χ4v) is 2.26. The summed E-state index contributed by atoms with van der Waals surface area (Å²) in [6.07, 6.45) is 0.349. The zero-order valence-electron chi connectivity index (χ0n) is 10.1. The molecule has 0 radical (unpaired) electrons. The smallest absolute Gasteiger partial charge is 0.216 e. The van der Waals surface area contributed by atoms with Gasteiger partial charge in [-0.2, -0.15) is 4.39 Å². The first-order chi connectivity index (χ1) is 8.99. The molecular formula is C14H12BrF2NO. The monoisotopic (exact) mass is 327 g/mol. The second-order valence-corrected chi connectivity index (χ2v) is 5.24. The van der Waals surface area contributed by atoms with Gasteiger partial charge in [0.1, 0.15) is 5.82 Å². The van der Waals surface area contributed by atoms with Gasteiger partial charge in [0.2, 0.25) is 5.95 Å². The molecule has 0 amide bonds. The van der Waals surface area contributed by atoms with Crippen LogP contribution in [-0.4, -0.2) is 10.1 Å². The minimum Gasteiger partial charge on any atom is -0.388 e. The molecule has 2 atom stereocenters. The largest absolute Gasteiger partial charge is 0.388 e. The van der Waals surface area contributed by atoms with Crippen molar-refractivity contribution < 1.29 is 13.9 Å². The van der Waals surface area contributed by atoms with Gasteiger partial charge >= 0.3 is 0 Å². The molecule has 0 aliphatic rings. The zero-order chi connectivity index (χ0) is 14.0. The van der Waals surface area contributed by atoms with Crippen molar-refractivity contribution in [3.63, 3.8) is 0 Å². The van der Waals surface area contributed by atoms with Crippen molar-refractivity contribution in [3.8, 4) is 0 Å². The van der Waals surface area contributed by atoms with Crippen LogP contribution in [0.15, 0.2) is 41.0 Å². The van der Waals surface area contributed by atoms with Crippen molar-refractivity contribution in [3.05, 3.63) is 63.9 Å². The van der Waals surface area contributed by atoms with Gasteiger partial charge < -0.3 is 5.11 Å². The lowest BCUT2D eigenvalue weighted by molar-refractivity contribution is 0.149. The number of rotatable bonds is 3. The lowest BCUT2D eigenvalue weighted by atomic mass is 9.91. The van der Waals surface area contributed by atoms with E-state index in [0.29, 0.717) is 10.0 Å². The highest BCUT2D eigenvalue weighted by molar-refractivity contribution is 9.10. The van der Waals surface area contributed by atoms with Crippen LogP contribution >= 0.6 is 15.9 Å². The van der Waals surface area contributed by atoms with Crippen molar-refractivity contribution in [2.24, 2.45) is 0 Å². The number of nitrogens with zero attached hydrogens (tertiary/aromatic N) is 1. The molecule has 1 aromatic carbocycles. The summed E-state index contributed by atoms with van der Waals surface area (Å²) in [5.41, 5.74) is 0.693. The van der Waals surface area contributed by atoms with Crippen LogP contribution in [0.4, 0.5) is 8.78 Å². The summed E-state index contributed by atoms with van der Waals surface area (Å²) in [6.45, 7) is 1.67. The van der Waals surface area contributed by atoms with Crippen molar-refractivity contribution in [2.45, 2.75) is 18.9 Å². The summed E-state index contributed by atoms with van der Waals surface area (Å²) in [5, 5.41) is 10.2. The molecule has 1 N–H and O–H groups in total. The molecule has 1 aromatic heterocycles. The number of benzene rings is 1. The van der Waals surface area contributed by atoms with Crippen molar-refractivity contribution in [1.29, 1.82) is 0 Å². The number of pyridine rings is 1. The van der Waals surface area contributed by atoms with Gasteiger partial charge in [-0.1, -0.05) is 19.1 Å². The maximum absolute atomic E-state index is 13.7. The maximum atomic E-state index is 13.7. The van der Waals surface area contributed by atoms with Crippen molar-refractivity contribution >= 4 is 15.9 Å². The van der Waals surface area contributed by atoms with Gasteiger partial charge in [-0.3, -0.25) is 0 Å². The first kappa shape index (κ1) is 14.1. The van der Waals surface area contributed by atoms with Gasteiger partial charge in [0.15, 0.2) is 0 Å². The SMILES string of the molecule is C[C@H](c1cc(Br)cnc1F)[C@H](O)c1cccc(F)c1. The first-order valence-corrected chi connectivity index (χ1v) is 6.53. The van der Waals surface area contributed by atoms with Crippen LogP contribution in [0.5, 0.6) is 0 Å². The van der Waals surface area contributed by atoms with Crippen molar-refractivity contribution in [2.75, 3.05) is 0 Å². The van der Waals surface area contributed by atoms with E-state index in [1.54, 1.807) is 19.1 Å². The number of hydrogen-bond acceptors (Lipinski definition) is 2. The Morgan fingerprint density at radius 2 is 2.00 bits per heavy atom.